The Bertz CT molecular complexity index is 1200. The molecule has 4 aromatic rings. The van der Waals surface area contributed by atoms with Gasteiger partial charge < -0.3 is 9.47 Å². The van der Waals surface area contributed by atoms with Gasteiger partial charge in [0.15, 0.2) is 0 Å². The largest absolute Gasteiger partial charge is 0.435 e. The molecular formula is C23H16ClF4N3O2. The van der Waals surface area contributed by atoms with Gasteiger partial charge in [-0.15, -0.1) is 0 Å². The van der Waals surface area contributed by atoms with Crippen LogP contribution in [0, 0.1) is 0 Å². The van der Waals surface area contributed by atoms with Gasteiger partial charge in [0.2, 0.25) is 0 Å². The molecule has 2 heterocycles. The minimum absolute atomic E-state index is 0.0101. The number of pyridine rings is 1. The SMILES string of the molecule is FC(F)Oc1ccc(-c2nn(Cc3ccncc3)c(-c3ccc(OC(F)F)cc3)c2Cl)cc1. The van der Waals surface area contributed by atoms with Gasteiger partial charge in [0.05, 0.1) is 17.3 Å². The second-order valence-corrected chi connectivity index (χ2v) is 7.21. The third-order valence-corrected chi connectivity index (χ3v) is 5.04. The molecule has 0 unspecified atom stereocenters. The zero-order chi connectivity index (χ0) is 23.4. The van der Waals surface area contributed by atoms with E-state index in [1.165, 1.54) is 24.3 Å². The van der Waals surface area contributed by atoms with Gasteiger partial charge in [-0.25, -0.2) is 0 Å². The van der Waals surface area contributed by atoms with E-state index >= 15 is 0 Å². The van der Waals surface area contributed by atoms with E-state index in [4.69, 9.17) is 11.6 Å². The first-order valence-corrected chi connectivity index (χ1v) is 10.0. The average Bonchev–Trinajstić information content (AvgIpc) is 3.10. The maximum absolute atomic E-state index is 12.5. The van der Waals surface area contributed by atoms with Crippen LogP contribution in [0.2, 0.25) is 5.02 Å². The molecule has 0 aliphatic rings. The van der Waals surface area contributed by atoms with E-state index in [1.54, 1.807) is 41.3 Å². The highest BCUT2D eigenvalue weighted by Gasteiger charge is 2.20. The maximum Gasteiger partial charge on any atom is 0.387 e. The molecule has 0 fully saturated rings. The molecular weight excluding hydrogens is 462 g/mol. The number of benzene rings is 2. The number of alkyl halides is 4. The third kappa shape index (κ3) is 5.43. The third-order valence-electron chi connectivity index (χ3n) is 4.68. The van der Waals surface area contributed by atoms with Crippen LogP contribution in [-0.4, -0.2) is 28.0 Å². The molecule has 0 aliphatic heterocycles. The smallest absolute Gasteiger partial charge is 0.387 e. The number of halogens is 5. The van der Waals surface area contributed by atoms with E-state index in [-0.39, 0.29) is 11.5 Å². The van der Waals surface area contributed by atoms with Crippen molar-refractivity contribution < 1.29 is 27.0 Å². The molecule has 0 saturated carbocycles. The highest BCUT2D eigenvalue weighted by molar-refractivity contribution is 6.35. The van der Waals surface area contributed by atoms with Crippen LogP contribution in [0.5, 0.6) is 11.5 Å². The van der Waals surface area contributed by atoms with Gasteiger partial charge in [-0.2, -0.15) is 22.7 Å². The Balaban J connectivity index is 1.74. The van der Waals surface area contributed by atoms with Crippen molar-refractivity contribution in [2.24, 2.45) is 0 Å². The summed E-state index contributed by atoms with van der Waals surface area (Å²) in [5, 5.41) is 4.95. The van der Waals surface area contributed by atoms with E-state index in [9.17, 15) is 17.6 Å². The lowest BCUT2D eigenvalue weighted by molar-refractivity contribution is -0.0505. The van der Waals surface area contributed by atoms with Crippen molar-refractivity contribution in [2.45, 2.75) is 19.8 Å². The standard InChI is InChI=1S/C23H16ClF4N3O2/c24-19-20(15-1-5-17(6-2-15)32-22(25)26)30-31(13-14-9-11-29-12-10-14)21(19)16-3-7-18(8-4-16)33-23(27)28/h1-12,22-23H,13H2. The van der Waals surface area contributed by atoms with Gasteiger partial charge in [-0.3, -0.25) is 9.67 Å². The molecule has 10 heteroatoms. The minimum atomic E-state index is -2.93. The van der Waals surface area contributed by atoms with Crippen molar-refractivity contribution in [3.8, 4) is 34.0 Å². The minimum Gasteiger partial charge on any atom is -0.435 e. The van der Waals surface area contributed by atoms with Crippen LogP contribution < -0.4 is 9.47 Å². The van der Waals surface area contributed by atoms with Gasteiger partial charge in [0.1, 0.15) is 17.2 Å². The van der Waals surface area contributed by atoms with Crippen LogP contribution >= 0.6 is 11.6 Å². The fourth-order valence-electron chi connectivity index (χ4n) is 3.26. The topological polar surface area (TPSA) is 49.2 Å². The Morgan fingerprint density at radius 1 is 0.758 bits per heavy atom. The summed E-state index contributed by atoms with van der Waals surface area (Å²) in [5.74, 6) is 0.0239. The fraction of sp³-hybridized carbons (Fsp3) is 0.130. The summed E-state index contributed by atoms with van der Waals surface area (Å²) in [5.41, 5.74) is 3.12. The molecule has 2 aromatic heterocycles. The Hall–Kier alpha value is -3.59. The first kappa shape index (κ1) is 22.6. The van der Waals surface area contributed by atoms with Crippen molar-refractivity contribution in [1.82, 2.24) is 14.8 Å². The first-order valence-electron chi connectivity index (χ1n) is 9.66. The summed E-state index contributed by atoms with van der Waals surface area (Å²) in [4.78, 5) is 4.00. The number of hydrogen-bond donors (Lipinski definition) is 0. The van der Waals surface area contributed by atoms with Gasteiger partial charge in [0.25, 0.3) is 0 Å². The summed E-state index contributed by atoms with van der Waals surface area (Å²) in [6.45, 7) is -5.50. The molecule has 0 bridgehead atoms. The van der Waals surface area contributed by atoms with Crippen LogP contribution in [-0.2, 0) is 6.54 Å². The predicted octanol–water partition coefficient (Wildman–Crippen LogP) is 6.52. The summed E-state index contributed by atoms with van der Waals surface area (Å²) < 4.78 is 60.3. The Morgan fingerprint density at radius 3 is 1.79 bits per heavy atom. The highest BCUT2D eigenvalue weighted by atomic mass is 35.5. The number of hydrogen-bond acceptors (Lipinski definition) is 4. The lowest BCUT2D eigenvalue weighted by Gasteiger charge is -2.09. The first-order chi connectivity index (χ1) is 15.9. The van der Waals surface area contributed by atoms with Crippen molar-refractivity contribution in [1.29, 1.82) is 0 Å². The van der Waals surface area contributed by atoms with Gasteiger partial charge in [0, 0.05) is 23.5 Å². The van der Waals surface area contributed by atoms with Crippen molar-refractivity contribution in [2.75, 3.05) is 0 Å². The molecule has 5 nitrogen and oxygen atoms in total. The second-order valence-electron chi connectivity index (χ2n) is 6.83. The number of aromatic nitrogens is 3. The number of ether oxygens (including phenoxy) is 2. The van der Waals surface area contributed by atoms with Crippen LogP contribution in [0.3, 0.4) is 0 Å². The van der Waals surface area contributed by atoms with Gasteiger partial charge in [-0.05, 0) is 66.2 Å². The lowest BCUT2D eigenvalue weighted by atomic mass is 10.1. The molecule has 0 N–H and O–H groups in total. The van der Waals surface area contributed by atoms with E-state index in [2.05, 4.69) is 19.6 Å². The monoisotopic (exact) mass is 477 g/mol. The Kier molecular flexibility index (Phi) is 6.79. The van der Waals surface area contributed by atoms with Crippen molar-refractivity contribution in [3.05, 3.63) is 83.6 Å². The fourth-order valence-corrected chi connectivity index (χ4v) is 3.62. The van der Waals surface area contributed by atoms with Gasteiger partial charge >= 0.3 is 13.2 Å². The summed E-state index contributed by atoms with van der Waals surface area (Å²) in [6, 6.07) is 15.6. The van der Waals surface area contributed by atoms with E-state index in [1.807, 2.05) is 12.1 Å². The zero-order valence-corrected chi connectivity index (χ0v) is 17.6. The second kappa shape index (κ2) is 9.91. The zero-order valence-electron chi connectivity index (χ0n) is 16.8. The van der Waals surface area contributed by atoms with E-state index in [0.717, 1.165) is 5.56 Å². The van der Waals surface area contributed by atoms with E-state index in [0.29, 0.717) is 34.1 Å². The quantitative estimate of drug-likeness (QED) is 0.271. The number of nitrogens with zero attached hydrogens (tertiary/aromatic N) is 3. The van der Waals surface area contributed by atoms with Crippen LogP contribution in [0.4, 0.5) is 17.6 Å². The molecule has 0 saturated heterocycles. The number of rotatable bonds is 8. The summed E-state index contributed by atoms with van der Waals surface area (Å²) in [7, 11) is 0. The van der Waals surface area contributed by atoms with Crippen LogP contribution in [0.25, 0.3) is 22.5 Å². The summed E-state index contributed by atoms with van der Waals surface area (Å²) >= 11 is 6.71. The molecule has 0 spiro atoms. The normalized spacial score (nSPS) is 11.2. The molecule has 0 aliphatic carbocycles. The molecule has 4 rings (SSSR count). The average molecular weight is 478 g/mol. The highest BCUT2D eigenvalue weighted by Crippen LogP contribution is 2.38. The Labute approximate surface area is 191 Å². The van der Waals surface area contributed by atoms with Crippen LogP contribution in [0.15, 0.2) is 73.1 Å². The molecule has 33 heavy (non-hydrogen) atoms. The molecule has 0 atom stereocenters. The molecule has 0 amide bonds. The van der Waals surface area contributed by atoms with Crippen molar-refractivity contribution >= 4 is 11.6 Å². The molecule has 2 aromatic carbocycles. The lowest BCUT2D eigenvalue weighted by Crippen LogP contribution is -2.04. The maximum atomic E-state index is 12.5. The van der Waals surface area contributed by atoms with Crippen LogP contribution in [0.1, 0.15) is 5.56 Å². The van der Waals surface area contributed by atoms with Gasteiger partial charge in [-0.1, -0.05) is 11.6 Å². The van der Waals surface area contributed by atoms with Crippen molar-refractivity contribution in [3.63, 3.8) is 0 Å². The molecule has 0 radical (unpaired) electrons. The Morgan fingerprint density at radius 2 is 1.27 bits per heavy atom. The predicted molar refractivity (Wildman–Crippen MR) is 115 cm³/mol. The molecule has 170 valence electrons. The van der Waals surface area contributed by atoms with E-state index < -0.39 is 13.2 Å². The summed E-state index contributed by atoms with van der Waals surface area (Å²) in [6.07, 6.45) is 3.30.